The molecule has 1 aromatic carbocycles. The molecule has 106 valence electrons. The summed E-state index contributed by atoms with van der Waals surface area (Å²) in [5, 5.41) is 12.8. The second kappa shape index (κ2) is 6.25. The molecule has 1 amide bonds. The second-order valence-electron chi connectivity index (χ2n) is 4.36. The van der Waals surface area contributed by atoms with Crippen molar-refractivity contribution in [1.29, 1.82) is 0 Å². The highest BCUT2D eigenvalue weighted by Crippen LogP contribution is 2.24. The molecule has 0 radical (unpaired) electrons. The van der Waals surface area contributed by atoms with Crippen LogP contribution in [-0.2, 0) is 0 Å². The molecule has 2 rings (SSSR count). The van der Waals surface area contributed by atoms with E-state index in [1.54, 1.807) is 32.2 Å². The van der Waals surface area contributed by atoms with Gasteiger partial charge >= 0.3 is 0 Å². The van der Waals surface area contributed by atoms with Gasteiger partial charge in [-0.1, -0.05) is 18.2 Å². The molecule has 5 nitrogen and oxygen atoms in total. The summed E-state index contributed by atoms with van der Waals surface area (Å²) in [6.07, 6.45) is 0.628. The highest BCUT2D eigenvalue weighted by atomic mass is 16.5. The summed E-state index contributed by atoms with van der Waals surface area (Å²) < 4.78 is 10.2. The summed E-state index contributed by atoms with van der Waals surface area (Å²) in [5.41, 5.74) is 1.11. The maximum Gasteiger partial charge on any atom is 0.254 e. The predicted molar refractivity (Wildman–Crippen MR) is 73.7 cm³/mol. The zero-order valence-electron chi connectivity index (χ0n) is 11.4. The van der Waals surface area contributed by atoms with Gasteiger partial charge in [-0.25, -0.2) is 0 Å². The molecular weight excluding hydrogens is 258 g/mol. The average Bonchev–Trinajstić information content (AvgIpc) is 2.90. The van der Waals surface area contributed by atoms with Gasteiger partial charge in [0, 0.05) is 12.1 Å². The van der Waals surface area contributed by atoms with E-state index in [1.165, 1.54) is 6.26 Å². The third kappa shape index (κ3) is 3.00. The van der Waals surface area contributed by atoms with Crippen LogP contribution in [0, 0.1) is 6.92 Å². The Kier molecular flexibility index (Phi) is 4.42. The van der Waals surface area contributed by atoms with Crippen molar-refractivity contribution in [2.45, 2.75) is 13.0 Å². The molecule has 20 heavy (non-hydrogen) atoms. The number of benzene rings is 1. The van der Waals surface area contributed by atoms with Crippen LogP contribution < -0.4 is 10.1 Å². The number of para-hydroxylation sites is 1. The highest BCUT2D eigenvalue weighted by Gasteiger charge is 2.16. The molecule has 0 fully saturated rings. The molecule has 0 aliphatic rings. The number of hydrogen-bond donors (Lipinski definition) is 2. The lowest BCUT2D eigenvalue weighted by atomic mass is 10.1. The average molecular weight is 275 g/mol. The van der Waals surface area contributed by atoms with Crippen LogP contribution in [0.3, 0.4) is 0 Å². The summed E-state index contributed by atoms with van der Waals surface area (Å²) in [7, 11) is 1.54. The van der Waals surface area contributed by atoms with Gasteiger partial charge in [-0.2, -0.15) is 0 Å². The van der Waals surface area contributed by atoms with Crippen LogP contribution in [-0.4, -0.2) is 24.7 Å². The van der Waals surface area contributed by atoms with Crippen LogP contribution in [0.4, 0.5) is 0 Å². The van der Waals surface area contributed by atoms with Gasteiger partial charge in [0.25, 0.3) is 5.91 Å². The first-order valence-electron chi connectivity index (χ1n) is 6.26. The summed E-state index contributed by atoms with van der Waals surface area (Å²) >= 11 is 0. The number of aryl methyl sites for hydroxylation is 1. The number of ether oxygens (including phenoxy) is 1. The number of methoxy groups -OCH3 is 1. The summed E-state index contributed by atoms with van der Waals surface area (Å²) in [5.74, 6) is 0.869. The number of aliphatic hydroxyl groups is 1. The van der Waals surface area contributed by atoms with Gasteiger partial charge in [-0.05, 0) is 19.1 Å². The third-order valence-corrected chi connectivity index (χ3v) is 3.06. The van der Waals surface area contributed by atoms with Crippen LogP contribution >= 0.6 is 0 Å². The van der Waals surface area contributed by atoms with E-state index in [0.717, 1.165) is 0 Å². The number of aliphatic hydroxyl groups excluding tert-OH is 1. The molecule has 0 spiro atoms. The fourth-order valence-corrected chi connectivity index (χ4v) is 1.96. The van der Waals surface area contributed by atoms with Gasteiger partial charge in [0.15, 0.2) is 0 Å². The molecule has 0 saturated heterocycles. The van der Waals surface area contributed by atoms with Crippen LogP contribution in [0.2, 0.25) is 0 Å². The molecule has 2 N–H and O–H groups in total. The summed E-state index contributed by atoms with van der Waals surface area (Å²) in [6, 6.07) is 8.76. The van der Waals surface area contributed by atoms with Crippen molar-refractivity contribution in [2.24, 2.45) is 0 Å². The van der Waals surface area contributed by atoms with E-state index in [1.807, 2.05) is 12.1 Å². The SMILES string of the molecule is COc1ccccc1[C@H](O)CNC(=O)c1ccoc1C. The molecule has 0 bridgehead atoms. The minimum Gasteiger partial charge on any atom is -0.496 e. The first kappa shape index (κ1) is 14.1. The second-order valence-corrected chi connectivity index (χ2v) is 4.36. The van der Waals surface area contributed by atoms with Gasteiger partial charge in [0.05, 0.1) is 25.0 Å². The number of carbonyl (C=O) groups is 1. The third-order valence-electron chi connectivity index (χ3n) is 3.06. The Hall–Kier alpha value is -2.27. The van der Waals surface area contributed by atoms with E-state index < -0.39 is 6.10 Å². The van der Waals surface area contributed by atoms with Gasteiger partial charge in [0.1, 0.15) is 11.5 Å². The Morgan fingerprint density at radius 2 is 2.15 bits per heavy atom. The van der Waals surface area contributed by atoms with Gasteiger partial charge in [-0.3, -0.25) is 4.79 Å². The zero-order chi connectivity index (χ0) is 14.5. The van der Waals surface area contributed by atoms with Crippen LogP contribution in [0.25, 0.3) is 0 Å². The first-order valence-corrected chi connectivity index (χ1v) is 6.26. The number of rotatable bonds is 5. The first-order chi connectivity index (χ1) is 9.63. The fraction of sp³-hybridized carbons (Fsp3) is 0.267. The van der Waals surface area contributed by atoms with Gasteiger partial charge in [0.2, 0.25) is 0 Å². The lowest BCUT2D eigenvalue weighted by Crippen LogP contribution is -2.28. The maximum atomic E-state index is 11.9. The van der Waals surface area contributed by atoms with E-state index in [2.05, 4.69) is 5.32 Å². The van der Waals surface area contributed by atoms with Gasteiger partial charge < -0.3 is 19.6 Å². The molecule has 2 aromatic rings. The van der Waals surface area contributed by atoms with Crippen molar-refractivity contribution in [3.63, 3.8) is 0 Å². The van der Waals surface area contributed by atoms with Crippen LogP contribution in [0.5, 0.6) is 5.75 Å². The lowest BCUT2D eigenvalue weighted by Gasteiger charge is -2.15. The van der Waals surface area contributed by atoms with Crippen molar-refractivity contribution in [1.82, 2.24) is 5.32 Å². The quantitative estimate of drug-likeness (QED) is 0.876. The summed E-state index contributed by atoms with van der Waals surface area (Å²) in [6.45, 7) is 1.81. The topological polar surface area (TPSA) is 71.7 Å². The molecule has 1 aromatic heterocycles. The number of amides is 1. The zero-order valence-corrected chi connectivity index (χ0v) is 11.4. The van der Waals surface area contributed by atoms with Crippen molar-refractivity contribution < 1.29 is 19.1 Å². The van der Waals surface area contributed by atoms with Crippen LogP contribution in [0.1, 0.15) is 27.8 Å². The number of furan rings is 1. The minimum absolute atomic E-state index is 0.101. The fourth-order valence-electron chi connectivity index (χ4n) is 1.96. The lowest BCUT2D eigenvalue weighted by molar-refractivity contribution is 0.0913. The van der Waals surface area contributed by atoms with E-state index in [0.29, 0.717) is 22.6 Å². The Morgan fingerprint density at radius 1 is 1.40 bits per heavy atom. The Balaban J connectivity index is 2.00. The van der Waals surface area contributed by atoms with Crippen molar-refractivity contribution in [3.05, 3.63) is 53.5 Å². The van der Waals surface area contributed by atoms with E-state index in [-0.39, 0.29) is 12.5 Å². The molecular formula is C15H17NO4. The molecule has 0 unspecified atom stereocenters. The normalized spacial score (nSPS) is 11.9. The smallest absolute Gasteiger partial charge is 0.254 e. The number of hydrogen-bond acceptors (Lipinski definition) is 4. The van der Waals surface area contributed by atoms with E-state index in [4.69, 9.17) is 9.15 Å². The molecule has 0 aliphatic heterocycles. The van der Waals surface area contributed by atoms with Crippen LogP contribution in [0.15, 0.2) is 41.0 Å². The monoisotopic (exact) mass is 275 g/mol. The number of nitrogens with one attached hydrogen (secondary N) is 1. The molecule has 5 heteroatoms. The Morgan fingerprint density at radius 3 is 2.80 bits per heavy atom. The highest BCUT2D eigenvalue weighted by molar-refractivity contribution is 5.95. The number of carbonyl (C=O) groups excluding carboxylic acids is 1. The molecule has 1 heterocycles. The van der Waals surface area contributed by atoms with E-state index >= 15 is 0 Å². The van der Waals surface area contributed by atoms with Gasteiger partial charge in [-0.15, -0.1) is 0 Å². The van der Waals surface area contributed by atoms with Crippen molar-refractivity contribution in [3.8, 4) is 5.75 Å². The Bertz CT molecular complexity index is 591. The Labute approximate surface area is 117 Å². The minimum atomic E-state index is -0.831. The maximum absolute atomic E-state index is 11.9. The largest absolute Gasteiger partial charge is 0.496 e. The summed E-state index contributed by atoms with van der Waals surface area (Å²) in [4.78, 5) is 11.9. The van der Waals surface area contributed by atoms with E-state index in [9.17, 15) is 9.90 Å². The standard InChI is InChI=1S/C15H17NO4/c1-10-11(7-8-20-10)15(18)16-9-13(17)12-5-3-4-6-14(12)19-2/h3-8,13,17H,9H2,1-2H3,(H,16,18)/t13-/m1/s1. The molecule has 1 atom stereocenters. The predicted octanol–water partition coefficient (Wildman–Crippen LogP) is 2.06. The van der Waals surface area contributed by atoms with Crippen molar-refractivity contribution in [2.75, 3.05) is 13.7 Å². The van der Waals surface area contributed by atoms with Crippen molar-refractivity contribution >= 4 is 5.91 Å². The molecule has 0 aliphatic carbocycles. The molecule has 0 saturated carbocycles.